The highest BCUT2D eigenvalue weighted by Crippen LogP contribution is 2.51. The van der Waals surface area contributed by atoms with Crippen LogP contribution in [0.1, 0.15) is 71.1 Å². The van der Waals surface area contributed by atoms with Crippen LogP contribution in [0.15, 0.2) is 0 Å². The fraction of sp³-hybridized carbons (Fsp3) is 0.938. The lowest BCUT2D eigenvalue weighted by Gasteiger charge is -2.29. The van der Waals surface area contributed by atoms with Crippen LogP contribution in [-0.4, -0.2) is 5.78 Å². The van der Waals surface area contributed by atoms with E-state index in [2.05, 4.69) is 6.92 Å². The Kier molecular flexibility index (Phi) is 3.04. The Balaban J connectivity index is 1.63. The lowest BCUT2D eigenvalue weighted by Crippen LogP contribution is -2.30. The van der Waals surface area contributed by atoms with Crippen molar-refractivity contribution in [1.82, 2.24) is 0 Å². The molecule has 3 aliphatic rings. The molecule has 0 aromatic heterocycles. The van der Waals surface area contributed by atoms with E-state index in [0.29, 0.717) is 5.78 Å². The first kappa shape index (κ1) is 11.7. The van der Waals surface area contributed by atoms with Crippen LogP contribution in [-0.2, 0) is 4.79 Å². The highest BCUT2D eigenvalue weighted by molar-refractivity contribution is 5.85. The summed E-state index contributed by atoms with van der Waals surface area (Å²) in [6.45, 7) is 2.23. The second kappa shape index (κ2) is 4.40. The first-order chi connectivity index (χ1) is 8.23. The van der Waals surface area contributed by atoms with Crippen molar-refractivity contribution in [2.45, 2.75) is 71.1 Å². The van der Waals surface area contributed by atoms with E-state index in [1.165, 1.54) is 51.4 Å². The molecule has 3 unspecified atom stereocenters. The number of hydrogen-bond donors (Lipinski definition) is 0. The topological polar surface area (TPSA) is 17.1 Å². The Morgan fingerprint density at radius 1 is 1.18 bits per heavy atom. The van der Waals surface area contributed by atoms with Gasteiger partial charge in [0.15, 0.2) is 0 Å². The zero-order chi connectivity index (χ0) is 11.9. The molecule has 3 fully saturated rings. The van der Waals surface area contributed by atoms with Crippen molar-refractivity contribution in [2.24, 2.45) is 23.2 Å². The Morgan fingerprint density at radius 2 is 1.94 bits per heavy atom. The Morgan fingerprint density at radius 3 is 2.47 bits per heavy atom. The lowest BCUT2D eigenvalue weighted by atomic mass is 9.74. The SMILES string of the molecule is CCC1(C(=O)CC2CC3CCC2C3)CCCC1. The van der Waals surface area contributed by atoms with Gasteiger partial charge in [-0.05, 0) is 56.3 Å². The minimum Gasteiger partial charge on any atom is -0.299 e. The minimum atomic E-state index is 0.113. The van der Waals surface area contributed by atoms with Gasteiger partial charge < -0.3 is 0 Å². The molecule has 1 heteroatoms. The average Bonchev–Trinajstić information content (AvgIpc) is 3.05. The van der Waals surface area contributed by atoms with Crippen LogP contribution in [0.4, 0.5) is 0 Å². The molecule has 0 aliphatic heterocycles. The van der Waals surface area contributed by atoms with Gasteiger partial charge in [-0.15, -0.1) is 0 Å². The number of fused-ring (bicyclic) bond motifs is 2. The zero-order valence-electron chi connectivity index (χ0n) is 11.2. The molecule has 17 heavy (non-hydrogen) atoms. The van der Waals surface area contributed by atoms with Crippen LogP contribution in [0.25, 0.3) is 0 Å². The van der Waals surface area contributed by atoms with Crippen molar-refractivity contribution in [3.05, 3.63) is 0 Å². The summed E-state index contributed by atoms with van der Waals surface area (Å²) in [4.78, 5) is 12.6. The first-order valence-corrected chi connectivity index (χ1v) is 7.77. The van der Waals surface area contributed by atoms with E-state index in [1.54, 1.807) is 0 Å². The highest BCUT2D eigenvalue weighted by Gasteiger charge is 2.44. The van der Waals surface area contributed by atoms with Crippen molar-refractivity contribution >= 4 is 5.78 Å². The van der Waals surface area contributed by atoms with Gasteiger partial charge in [-0.25, -0.2) is 0 Å². The van der Waals surface area contributed by atoms with Gasteiger partial charge in [0.25, 0.3) is 0 Å². The normalized spacial score (nSPS) is 38.8. The van der Waals surface area contributed by atoms with E-state index < -0.39 is 0 Å². The summed E-state index contributed by atoms with van der Waals surface area (Å²) >= 11 is 0. The zero-order valence-corrected chi connectivity index (χ0v) is 11.2. The second-order valence-electron chi connectivity index (χ2n) is 6.90. The lowest BCUT2D eigenvalue weighted by molar-refractivity contribution is -0.130. The molecule has 0 saturated heterocycles. The number of rotatable bonds is 4. The smallest absolute Gasteiger partial charge is 0.139 e. The van der Waals surface area contributed by atoms with Gasteiger partial charge >= 0.3 is 0 Å². The molecule has 3 rings (SSSR count). The third kappa shape index (κ3) is 1.96. The van der Waals surface area contributed by atoms with Crippen LogP contribution >= 0.6 is 0 Å². The Hall–Kier alpha value is -0.330. The van der Waals surface area contributed by atoms with Gasteiger partial charge in [0.05, 0.1) is 0 Å². The highest BCUT2D eigenvalue weighted by atomic mass is 16.1. The molecule has 0 aromatic carbocycles. The molecule has 0 radical (unpaired) electrons. The van der Waals surface area contributed by atoms with Crippen LogP contribution in [0.5, 0.6) is 0 Å². The summed E-state index contributed by atoms with van der Waals surface area (Å²) in [5.41, 5.74) is 0.113. The summed E-state index contributed by atoms with van der Waals surface area (Å²) in [5.74, 6) is 3.30. The summed E-state index contributed by atoms with van der Waals surface area (Å²) in [7, 11) is 0. The predicted octanol–water partition coefficient (Wildman–Crippen LogP) is 4.35. The van der Waals surface area contributed by atoms with Crippen LogP contribution in [0.2, 0.25) is 0 Å². The molecule has 0 heterocycles. The van der Waals surface area contributed by atoms with E-state index in [-0.39, 0.29) is 5.41 Å². The van der Waals surface area contributed by atoms with Crippen molar-refractivity contribution in [2.75, 3.05) is 0 Å². The van der Waals surface area contributed by atoms with E-state index >= 15 is 0 Å². The van der Waals surface area contributed by atoms with Crippen molar-refractivity contribution in [1.29, 1.82) is 0 Å². The molecule has 96 valence electrons. The largest absolute Gasteiger partial charge is 0.299 e. The quantitative estimate of drug-likeness (QED) is 0.706. The van der Waals surface area contributed by atoms with Crippen LogP contribution < -0.4 is 0 Å². The summed E-state index contributed by atoms with van der Waals surface area (Å²) < 4.78 is 0. The molecule has 0 amide bonds. The maximum Gasteiger partial charge on any atom is 0.139 e. The van der Waals surface area contributed by atoms with Gasteiger partial charge in [0.1, 0.15) is 5.78 Å². The maximum absolute atomic E-state index is 12.6. The molecule has 3 saturated carbocycles. The summed E-state index contributed by atoms with van der Waals surface area (Å²) in [6.07, 6.45) is 12.6. The number of ketones is 1. The molecule has 0 N–H and O–H groups in total. The third-order valence-corrected chi connectivity index (χ3v) is 6.16. The fourth-order valence-electron chi connectivity index (χ4n) is 4.96. The molecular formula is C16H26O. The molecular weight excluding hydrogens is 208 g/mol. The maximum atomic E-state index is 12.6. The molecule has 1 nitrogen and oxygen atoms in total. The number of carbonyl (C=O) groups excluding carboxylic acids is 1. The first-order valence-electron chi connectivity index (χ1n) is 7.77. The molecule has 3 aliphatic carbocycles. The standard InChI is InChI=1S/C16H26O/c1-2-16(7-3-4-8-16)15(17)11-14-10-12-5-6-13(14)9-12/h12-14H,2-11H2,1H3. The fourth-order valence-corrected chi connectivity index (χ4v) is 4.96. The number of hydrogen-bond acceptors (Lipinski definition) is 1. The van der Waals surface area contributed by atoms with E-state index in [4.69, 9.17) is 0 Å². The number of carbonyl (C=O) groups is 1. The van der Waals surface area contributed by atoms with Crippen molar-refractivity contribution < 1.29 is 4.79 Å². The van der Waals surface area contributed by atoms with Crippen LogP contribution in [0.3, 0.4) is 0 Å². The van der Waals surface area contributed by atoms with E-state index in [9.17, 15) is 4.79 Å². The van der Waals surface area contributed by atoms with Gasteiger partial charge in [-0.1, -0.05) is 26.2 Å². The average molecular weight is 234 g/mol. The van der Waals surface area contributed by atoms with E-state index in [1.807, 2.05) is 0 Å². The molecule has 0 spiro atoms. The Labute approximate surface area is 105 Å². The summed E-state index contributed by atoms with van der Waals surface area (Å²) in [5, 5.41) is 0. The number of Topliss-reactive ketones (excluding diaryl/α,β-unsaturated/α-hetero) is 1. The van der Waals surface area contributed by atoms with Gasteiger partial charge in [0.2, 0.25) is 0 Å². The van der Waals surface area contributed by atoms with Gasteiger partial charge in [0, 0.05) is 11.8 Å². The van der Waals surface area contributed by atoms with Crippen molar-refractivity contribution in [3.63, 3.8) is 0 Å². The van der Waals surface area contributed by atoms with Crippen molar-refractivity contribution in [3.8, 4) is 0 Å². The monoisotopic (exact) mass is 234 g/mol. The van der Waals surface area contributed by atoms with Crippen LogP contribution in [0, 0.1) is 23.2 Å². The van der Waals surface area contributed by atoms with E-state index in [0.717, 1.165) is 30.6 Å². The minimum absolute atomic E-state index is 0.113. The molecule has 0 aromatic rings. The predicted molar refractivity (Wildman–Crippen MR) is 69.8 cm³/mol. The van der Waals surface area contributed by atoms with Gasteiger partial charge in [-0.3, -0.25) is 4.79 Å². The third-order valence-electron chi connectivity index (χ3n) is 6.16. The summed E-state index contributed by atoms with van der Waals surface area (Å²) in [6, 6.07) is 0. The Bertz CT molecular complexity index is 301. The second-order valence-corrected chi connectivity index (χ2v) is 6.90. The molecule has 2 bridgehead atoms. The van der Waals surface area contributed by atoms with Gasteiger partial charge in [-0.2, -0.15) is 0 Å². The molecule has 3 atom stereocenters.